The molecule has 6 heteroatoms. The van der Waals surface area contributed by atoms with Crippen LogP contribution in [-0.4, -0.2) is 23.6 Å². The maximum atomic E-state index is 12.3. The van der Waals surface area contributed by atoms with E-state index in [-0.39, 0.29) is 5.91 Å². The molecule has 22 heavy (non-hydrogen) atoms. The maximum Gasteiger partial charge on any atom is 0.288 e. The summed E-state index contributed by atoms with van der Waals surface area (Å²) in [6, 6.07) is 14.0. The first-order valence-corrected chi connectivity index (χ1v) is 8.18. The van der Waals surface area contributed by atoms with Gasteiger partial charge in [-0.05, 0) is 42.0 Å². The Labute approximate surface area is 140 Å². The number of halogens is 3. The Bertz CT molecular complexity index is 632. The lowest BCUT2D eigenvalue weighted by molar-refractivity contribution is 0.0785. The monoisotopic (exact) mass is 385 g/mol. The summed E-state index contributed by atoms with van der Waals surface area (Å²) in [7, 11) is 1.71. The molecule has 0 fully saturated rings. The first kappa shape index (κ1) is 17.0. The second kappa shape index (κ2) is 7.74. The van der Waals surface area contributed by atoms with Gasteiger partial charge in [-0.1, -0.05) is 39.8 Å². The number of carbonyl (C=O) groups excluding carboxylic acids is 1. The Balaban J connectivity index is 2.02. The zero-order valence-electron chi connectivity index (χ0n) is 11.8. The third-order valence-electron chi connectivity index (χ3n) is 3.01. The molecule has 0 heterocycles. The topological polar surface area (TPSA) is 20.3 Å². The number of rotatable bonds is 5. The average molecular weight is 386 g/mol. The average Bonchev–Trinajstić information content (AvgIpc) is 2.49. The number of hydrogen-bond acceptors (Lipinski definition) is 2. The van der Waals surface area contributed by atoms with E-state index in [1.54, 1.807) is 24.1 Å². The van der Waals surface area contributed by atoms with E-state index in [9.17, 15) is 13.6 Å². The van der Waals surface area contributed by atoms with Crippen LogP contribution in [0.2, 0.25) is 0 Å². The normalized spacial score (nSPS) is 10.8. The Kier molecular flexibility index (Phi) is 5.97. The lowest BCUT2D eigenvalue weighted by Crippen LogP contribution is -2.26. The molecule has 0 aliphatic rings. The molecule has 0 saturated heterocycles. The predicted octanol–water partition coefficient (Wildman–Crippen LogP) is 5.04. The zero-order valence-corrected chi connectivity index (χ0v) is 14.2. The van der Waals surface area contributed by atoms with Crippen molar-refractivity contribution in [3.05, 3.63) is 64.1 Å². The van der Waals surface area contributed by atoms with Gasteiger partial charge in [0, 0.05) is 28.5 Å². The second-order valence-corrected chi connectivity index (χ2v) is 6.67. The number of alkyl halides is 2. The summed E-state index contributed by atoms with van der Waals surface area (Å²) in [6.07, 6.45) is 0. The minimum Gasteiger partial charge on any atom is -0.337 e. The van der Waals surface area contributed by atoms with Gasteiger partial charge < -0.3 is 4.90 Å². The fraction of sp³-hybridized carbons (Fsp3) is 0.188. The molecule has 2 aromatic rings. The molecule has 2 nitrogen and oxygen atoms in total. The first-order valence-electron chi connectivity index (χ1n) is 6.50. The molecule has 0 aliphatic carbocycles. The summed E-state index contributed by atoms with van der Waals surface area (Å²) in [4.78, 5) is 14.4. The van der Waals surface area contributed by atoms with Gasteiger partial charge in [-0.15, -0.1) is 0 Å². The minimum atomic E-state index is -2.46. The first-order chi connectivity index (χ1) is 10.5. The molecule has 0 unspecified atom stereocenters. The van der Waals surface area contributed by atoms with Crippen molar-refractivity contribution in [2.45, 2.75) is 17.2 Å². The van der Waals surface area contributed by atoms with Crippen molar-refractivity contribution in [1.82, 2.24) is 4.90 Å². The molecule has 2 rings (SSSR count). The van der Waals surface area contributed by atoms with Crippen LogP contribution in [0.1, 0.15) is 15.9 Å². The van der Waals surface area contributed by atoms with Crippen molar-refractivity contribution in [3.8, 4) is 0 Å². The van der Waals surface area contributed by atoms with E-state index in [4.69, 9.17) is 0 Å². The van der Waals surface area contributed by atoms with E-state index in [1.165, 1.54) is 12.1 Å². The van der Waals surface area contributed by atoms with Crippen molar-refractivity contribution in [3.63, 3.8) is 0 Å². The quantitative estimate of drug-likeness (QED) is 0.672. The summed E-state index contributed by atoms with van der Waals surface area (Å²) < 4.78 is 25.5. The summed E-state index contributed by atoms with van der Waals surface area (Å²) in [6.45, 7) is 0.486. The smallest absolute Gasteiger partial charge is 0.288 e. The van der Waals surface area contributed by atoms with Gasteiger partial charge in [0.1, 0.15) is 0 Å². The second-order valence-electron chi connectivity index (χ2n) is 4.69. The largest absolute Gasteiger partial charge is 0.337 e. The van der Waals surface area contributed by atoms with Gasteiger partial charge in [0.25, 0.3) is 11.7 Å². The molecule has 0 atom stereocenters. The molecule has 0 N–H and O–H groups in total. The van der Waals surface area contributed by atoms with Crippen molar-refractivity contribution >= 4 is 33.6 Å². The fourth-order valence-electron chi connectivity index (χ4n) is 1.93. The molecule has 0 aliphatic heterocycles. The van der Waals surface area contributed by atoms with Crippen LogP contribution in [0.5, 0.6) is 0 Å². The molecule has 0 bridgehead atoms. The summed E-state index contributed by atoms with van der Waals surface area (Å²) in [5.74, 6) is -2.60. The number of carbonyl (C=O) groups is 1. The van der Waals surface area contributed by atoms with Crippen LogP contribution < -0.4 is 0 Å². The minimum absolute atomic E-state index is 0.142. The van der Waals surface area contributed by atoms with Crippen molar-refractivity contribution in [1.29, 1.82) is 0 Å². The number of thioether (sulfide) groups is 1. The van der Waals surface area contributed by atoms with Gasteiger partial charge in [0.15, 0.2) is 0 Å². The molecule has 0 spiro atoms. The van der Waals surface area contributed by atoms with Gasteiger partial charge in [-0.2, -0.15) is 8.78 Å². The molecular weight excluding hydrogens is 372 g/mol. The molecule has 0 aromatic heterocycles. The van der Waals surface area contributed by atoms with E-state index < -0.39 is 5.76 Å². The van der Waals surface area contributed by atoms with Crippen molar-refractivity contribution in [2.75, 3.05) is 7.05 Å². The number of hydrogen-bond donors (Lipinski definition) is 0. The van der Waals surface area contributed by atoms with Gasteiger partial charge in [0.05, 0.1) is 0 Å². The molecule has 0 saturated carbocycles. The number of amides is 1. The molecule has 116 valence electrons. The maximum absolute atomic E-state index is 12.3. The fourth-order valence-corrected chi connectivity index (χ4v) is 2.70. The SMILES string of the molecule is CN(Cc1ccc(Br)cc1)C(=O)c1ccc(SC(F)F)cc1. The van der Waals surface area contributed by atoms with Crippen LogP contribution in [0.25, 0.3) is 0 Å². The zero-order chi connectivity index (χ0) is 16.1. The molecule has 2 aromatic carbocycles. The highest BCUT2D eigenvalue weighted by atomic mass is 79.9. The van der Waals surface area contributed by atoms with Crippen LogP contribution in [0, 0.1) is 0 Å². The van der Waals surface area contributed by atoms with Gasteiger partial charge in [-0.25, -0.2) is 0 Å². The van der Waals surface area contributed by atoms with Crippen LogP contribution in [0.15, 0.2) is 57.9 Å². The highest BCUT2D eigenvalue weighted by molar-refractivity contribution is 9.10. The van der Waals surface area contributed by atoms with E-state index in [2.05, 4.69) is 15.9 Å². The van der Waals surface area contributed by atoms with Gasteiger partial charge in [0.2, 0.25) is 0 Å². The number of nitrogens with zero attached hydrogens (tertiary/aromatic N) is 1. The van der Waals surface area contributed by atoms with Crippen LogP contribution in [0.3, 0.4) is 0 Å². The summed E-state index contributed by atoms with van der Waals surface area (Å²) >= 11 is 3.83. The van der Waals surface area contributed by atoms with Crippen LogP contribution in [0.4, 0.5) is 8.78 Å². The highest BCUT2D eigenvalue weighted by Gasteiger charge is 2.13. The van der Waals surface area contributed by atoms with Crippen LogP contribution in [-0.2, 0) is 6.54 Å². The molecule has 0 radical (unpaired) electrons. The Morgan fingerprint density at radius 3 is 2.27 bits per heavy atom. The third kappa shape index (κ3) is 4.81. The van der Waals surface area contributed by atoms with Crippen molar-refractivity contribution < 1.29 is 13.6 Å². The highest BCUT2D eigenvalue weighted by Crippen LogP contribution is 2.25. The number of benzene rings is 2. The Morgan fingerprint density at radius 1 is 1.14 bits per heavy atom. The lowest BCUT2D eigenvalue weighted by atomic mass is 10.1. The third-order valence-corrected chi connectivity index (χ3v) is 4.26. The van der Waals surface area contributed by atoms with E-state index in [1.807, 2.05) is 24.3 Å². The van der Waals surface area contributed by atoms with Gasteiger partial charge in [-0.3, -0.25) is 4.79 Å². The van der Waals surface area contributed by atoms with Gasteiger partial charge >= 0.3 is 0 Å². The predicted molar refractivity (Wildman–Crippen MR) is 88.2 cm³/mol. The lowest BCUT2D eigenvalue weighted by Gasteiger charge is -2.17. The Hall–Kier alpha value is -1.40. The molecule has 1 amide bonds. The standard InChI is InChI=1S/C16H14BrF2NOS/c1-20(10-11-2-6-13(17)7-3-11)15(21)12-4-8-14(9-5-12)22-16(18)19/h2-9,16H,10H2,1H3. The van der Waals surface area contributed by atoms with Crippen molar-refractivity contribution in [2.24, 2.45) is 0 Å². The summed E-state index contributed by atoms with van der Waals surface area (Å²) in [5, 5.41) is 0. The summed E-state index contributed by atoms with van der Waals surface area (Å²) in [5.41, 5.74) is 1.50. The van der Waals surface area contributed by atoms with E-state index in [0.717, 1.165) is 10.0 Å². The Morgan fingerprint density at radius 2 is 1.73 bits per heavy atom. The van der Waals surface area contributed by atoms with E-state index in [0.29, 0.717) is 28.8 Å². The van der Waals surface area contributed by atoms with E-state index >= 15 is 0 Å². The molecular formula is C16H14BrF2NOS. The van der Waals surface area contributed by atoms with Crippen LogP contribution >= 0.6 is 27.7 Å².